The monoisotopic (exact) mass is 543 g/mol. The van der Waals surface area contributed by atoms with Gasteiger partial charge in [0.15, 0.2) is 5.66 Å². The molecule has 2 unspecified atom stereocenters. The molecule has 0 saturated carbocycles. The molecule has 208 valence electrons. The van der Waals surface area contributed by atoms with E-state index >= 15 is 0 Å². The minimum absolute atomic E-state index is 0.117. The molecule has 0 aromatic heterocycles. The van der Waals surface area contributed by atoms with Crippen LogP contribution in [0.4, 0.5) is 13.2 Å². The van der Waals surface area contributed by atoms with E-state index in [1.54, 1.807) is 76.2 Å². The standard InChI is InChI=1S/C29H32F3N3O4/c1-18(2)24-26(38)35(23(22-14-10-7-11-15-22)17-34(24)25(37)19(3)4)28(33-20(5)36,27(39)29(30,31)32)16-21-12-8-6-9-13-21/h6-15,17-19,24H,16H2,1-5H3,(H,33,36). The van der Waals surface area contributed by atoms with Gasteiger partial charge in [0.1, 0.15) is 6.04 Å². The van der Waals surface area contributed by atoms with E-state index in [4.69, 9.17) is 0 Å². The fraction of sp³-hybridized carbons (Fsp3) is 0.379. The van der Waals surface area contributed by atoms with Gasteiger partial charge in [-0.1, -0.05) is 88.4 Å². The van der Waals surface area contributed by atoms with Crippen LogP contribution >= 0.6 is 0 Å². The van der Waals surface area contributed by atoms with Gasteiger partial charge in [-0.15, -0.1) is 0 Å². The van der Waals surface area contributed by atoms with E-state index in [-0.39, 0.29) is 16.8 Å². The van der Waals surface area contributed by atoms with Crippen molar-refractivity contribution >= 4 is 29.2 Å². The van der Waals surface area contributed by atoms with Crippen molar-refractivity contribution in [2.45, 2.75) is 58.9 Å². The summed E-state index contributed by atoms with van der Waals surface area (Å²) in [6.45, 7) is 7.60. The van der Waals surface area contributed by atoms with Crippen LogP contribution in [0.1, 0.15) is 45.7 Å². The Hall–Kier alpha value is -3.95. The van der Waals surface area contributed by atoms with Crippen LogP contribution in [-0.2, 0) is 25.6 Å². The first-order valence-corrected chi connectivity index (χ1v) is 12.6. The summed E-state index contributed by atoms with van der Waals surface area (Å²) in [4.78, 5) is 55.5. The van der Waals surface area contributed by atoms with Crippen LogP contribution in [0.25, 0.3) is 5.70 Å². The van der Waals surface area contributed by atoms with Gasteiger partial charge in [0.25, 0.3) is 11.7 Å². The van der Waals surface area contributed by atoms with Crippen LogP contribution in [0.15, 0.2) is 66.9 Å². The number of Topliss-reactive ketones (excluding diaryl/α,β-unsaturated/α-hetero) is 1. The second-order valence-corrected chi connectivity index (χ2v) is 10.2. The molecule has 0 radical (unpaired) electrons. The molecule has 1 aliphatic rings. The van der Waals surface area contributed by atoms with Gasteiger partial charge in [-0.3, -0.25) is 24.1 Å². The fourth-order valence-corrected chi connectivity index (χ4v) is 4.79. The number of nitrogens with one attached hydrogen (secondary N) is 1. The van der Waals surface area contributed by atoms with Crippen molar-refractivity contribution in [3.05, 3.63) is 78.0 Å². The molecule has 2 aromatic carbocycles. The summed E-state index contributed by atoms with van der Waals surface area (Å²) < 4.78 is 43.1. The maximum absolute atomic E-state index is 14.4. The van der Waals surface area contributed by atoms with E-state index in [9.17, 15) is 32.3 Å². The average molecular weight is 544 g/mol. The summed E-state index contributed by atoms with van der Waals surface area (Å²) in [6.07, 6.45) is -4.77. The van der Waals surface area contributed by atoms with Crippen LogP contribution in [-0.4, -0.2) is 51.2 Å². The SMILES string of the molecule is CC(=O)NC(Cc1ccccc1)(C(=O)C(F)(F)F)N1C(=O)C(C(C)C)N(C(=O)C(C)C)C=C1c1ccccc1. The lowest BCUT2D eigenvalue weighted by atomic mass is 9.87. The Morgan fingerprint density at radius 1 is 0.923 bits per heavy atom. The van der Waals surface area contributed by atoms with Crippen LogP contribution in [0.2, 0.25) is 0 Å². The molecule has 0 saturated heterocycles. The smallest absolute Gasteiger partial charge is 0.326 e. The Balaban J connectivity index is 2.44. The molecule has 0 bridgehead atoms. The number of amides is 3. The maximum atomic E-state index is 14.4. The highest BCUT2D eigenvalue weighted by Gasteiger charge is 2.61. The second-order valence-electron chi connectivity index (χ2n) is 10.2. The summed E-state index contributed by atoms with van der Waals surface area (Å²) in [6, 6.07) is 14.6. The molecule has 3 amide bonds. The third-order valence-electron chi connectivity index (χ3n) is 6.43. The van der Waals surface area contributed by atoms with Gasteiger partial charge >= 0.3 is 6.18 Å². The van der Waals surface area contributed by atoms with Gasteiger partial charge in [0.2, 0.25) is 11.8 Å². The van der Waals surface area contributed by atoms with Gasteiger partial charge in [-0.2, -0.15) is 13.2 Å². The van der Waals surface area contributed by atoms with Gasteiger partial charge in [0.05, 0.1) is 5.70 Å². The Morgan fingerprint density at radius 2 is 1.46 bits per heavy atom. The predicted octanol–water partition coefficient (Wildman–Crippen LogP) is 4.54. The normalized spacial score (nSPS) is 17.6. The summed E-state index contributed by atoms with van der Waals surface area (Å²) in [7, 11) is 0. The maximum Gasteiger partial charge on any atom is 0.454 e. The molecule has 2 aromatic rings. The van der Waals surface area contributed by atoms with Crippen LogP contribution in [0.5, 0.6) is 0 Å². The number of hydrogen-bond donors (Lipinski definition) is 1. The Labute approximate surface area is 225 Å². The zero-order valence-electron chi connectivity index (χ0n) is 22.5. The summed E-state index contributed by atoms with van der Waals surface area (Å²) >= 11 is 0. The summed E-state index contributed by atoms with van der Waals surface area (Å²) in [5, 5.41) is 2.23. The molecular formula is C29H32F3N3O4. The summed E-state index contributed by atoms with van der Waals surface area (Å²) in [5.41, 5.74) is -2.42. The minimum Gasteiger partial charge on any atom is -0.326 e. The average Bonchev–Trinajstić information content (AvgIpc) is 2.86. The van der Waals surface area contributed by atoms with Crippen molar-refractivity contribution in [1.29, 1.82) is 0 Å². The zero-order valence-corrected chi connectivity index (χ0v) is 22.5. The molecule has 0 fully saturated rings. The van der Waals surface area contributed by atoms with E-state index < -0.39 is 59.6 Å². The van der Waals surface area contributed by atoms with E-state index in [1.165, 1.54) is 23.2 Å². The van der Waals surface area contributed by atoms with E-state index in [1.807, 2.05) is 0 Å². The van der Waals surface area contributed by atoms with Crippen molar-refractivity contribution < 1.29 is 32.3 Å². The summed E-state index contributed by atoms with van der Waals surface area (Å²) in [5.74, 6) is -5.64. The molecular weight excluding hydrogens is 511 g/mol. The van der Waals surface area contributed by atoms with Crippen LogP contribution in [0, 0.1) is 11.8 Å². The lowest BCUT2D eigenvalue weighted by molar-refractivity contribution is -0.187. The molecule has 10 heteroatoms. The number of halogens is 3. The zero-order chi connectivity index (χ0) is 29.1. The molecule has 2 atom stereocenters. The van der Waals surface area contributed by atoms with Crippen molar-refractivity contribution in [3.63, 3.8) is 0 Å². The number of hydrogen-bond acceptors (Lipinski definition) is 4. The molecule has 1 N–H and O–H groups in total. The van der Waals surface area contributed by atoms with Gasteiger partial charge in [-0.25, -0.2) is 0 Å². The third kappa shape index (κ3) is 6.05. The number of rotatable bonds is 8. The molecule has 39 heavy (non-hydrogen) atoms. The number of carbonyl (C=O) groups is 4. The lowest BCUT2D eigenvalue weighted by Gasteiger charge is -2.50. The number of benzene rings is 2. The van der Waals surface area contributed by atoms with Gasteiger partial charge in [-0.05, 0) is 17.0 Å². The highest BCUT2D eigenvalue weighted by atomic mass is 19.4. The first-order valence-electron chi connectivity index (χ1n) is 12.6. The van der Waals surface area contributed by atoms with E-state index in [0.29, 0.717) is 0 Å². The van der Waals surface area contributed by atoms with Crippen molar-refractivity contribution in [2.75, 3.05) is 0 Å². The molecule has 0 spiro atoms. The third-order valence-corrected chi connectivity index (χ3v) is 6.43. The highest BCUT2D eigenvalue weighted by molar-refractivity contribution is 6.05. The van der Waals surface area contributed by atoms with Gasteiger partial charge < -0.3 is 10.2 Å². The molecule has 1 aliphatic heterocycles. The highest BCUT2D eigenvalue weighted by Crippen LogP contribution is 2.40. The largest absolute Gasteiger partial charge is 0.454 e. The predicted molar refractivity (Wildman–Crippen MR) is 139 cm³/mol. The van der Waals surface area contributed by atoms with Crippen LogP contribution in [0.3, 0.4) is 0 Å². The molecule has 0 aliphatic carbocycles. The molecule has 7 nitrogen and oxygen atoms in total. The van der Waals surface area contributed by atoms with E-state index in [2.05, 4.69) is 5.32 Å². The second kappa shape index (κ2) is 11.4. The topological polar surface area (TPSA) is 86.8 Å². The Bertz CT molecular complexity index is 1260. The number of alkyl halides is 3. The lowest BCUT2D eigenvalue weighted by Crippen LogP contribution is -2.73. The molecule has 3 rings (SSSR count). The van der Waals surface area contributed by atoms with Crippen LogP contribution < -0.4 is 5.32 Å². The minimum atomic E-state index is -5.42. The van der Waals surface area contributed by atoms with Crippen molar-refractivity contribution in [2.24, 2.45) is 11.8 Å². The quantitative estimate of drug-likeness (QED) is 0.530. The fourth-order valence-electron chi connectivity index (χ4n) is 4.79. The Kier molecular flexibility index (Phi) is 8.67. The number of carbonyl (C=O) groups excluding carboxylic acids is 4. The first kappa shape index (κ1) is 29.6. The number of nitrogens with zero attached hydrogens (tertiary/aromatic N) is 2. The van der Waals surface area contributed by atoms with E-state index in [0.717, 1.165) is 11.8 Å². The Morgan fingerprint density at radius 3 is 1.92 bits per heavy atom. The van der Waals surface area contributed by atoms with Crippen molar-refractivity contribution in [1.82, 2.24) is 15.1 Å². The van der Waals surface area contributed by atoms with Gasteiger partial charge in [0, 0.05) is 25.5 Å². The number of ketones is 1. The first-order chi connectivity index (χ1) is 18.2. The van der Waals surface area contributed by atoms with Crippen molar-refractivity contribution in [3.8, 4) is 0 Å². The molecule has 1 heterocycles.